The van der Waals surface area contributed by atoms with Crippen molar-refractivity contribution in [3.8, 4) is 0 Å². The fourth-order valence-corrected chi connectivity index (χ4v) is 2.82. The number of benzene rings is 1. The molecule has 1 aromatic carbocycles. The smallest absolute Gasteiger partial charge is 0.230 e. The molecule has 2 aromatic heterocycles. The van der Waals surface area contributed by atoms with Crippen molar-refractivity contribution in [2.75, 3.05) is 5.75 Å². The van der Waals surface area contributed by atoms with E-state index >= 15 is 0 Å². The Labute approximate surface area is 120 Å². The van der Waals surface area contributed by atoms with Crippen LogP contribution in [-0.2, 0) is 11.3 Å². The highest BCUT2D eigenvalue weighted by molar-refractivity contribution is 8.00. The van der Waals surface area contributed by atoms with E-state index in [1.807, 2.05) is 36.5 Å². The lowest BCUT2D eigenvalue weighted by molar-refractivity contribution is -0.118. The predicted octanol–water partition coefficient (Wildman–Crippen LogP) is 3.17. The number of nitrogens with one attached hydrogen (secondary N) is 2. The molecule has 0 saturated heterocycles. The zero-order chi connectivity index (χ0) is 13.8. The first-order chi connectivity index (χ1) is 9.83. The number of thioether (sulfide) groups is 1. The lowest BCUT2D eigenvalue weighted by Crippen LogP contribution is -2.24. The number of rotatable bonds is 5. The summed E-state index contributed by atoms with van der Waals surface area (Å²) in [6.45, 7) is 0.431. The maximum atomic E-state index is 11.8. The van der Waals surface area contributed by atoms with E-state index < -0.39 is 0 Å². The molecule has 0 unspecified atom stereocenters. The van der Waals surface area contributed by atoms with E-state index in [-0.39, 0.29) is 5.91 Å². The fraction of sp³-hybridized carbons (Fsp3) is 0.133. The average Bonchev–Trinajstić information content (AvgIpc) is 3.12. The molecule has 0 aliphatic rings. The van der Waals surface area contributed by atoms with E-state index in [9.17, 15) is 4.79 Å². The average molecular weight is 286 g/mol. The summed E-state index contributed by atoms with van der Waals surface area (Å²) in [6.07, 6.45) is 3.54. The summed E-state index contributed by atoms with van der Waals surface area (Å²) >= 11 is 1.53. The third-order valence-electron chi connectivity index (χ3n) is 2.95. The van der Waals surface area contributed by atoms with Gasteiger partial charge in [-0.3, -0.25) is 4.79 Å². The van der Waals surface area contributed by atoms with Gasteiger partial charge in [-0.25, -0.2) is 0 Å². The van der Waals surface area contributed by atoms with Crippen LogP contribution in [0.3, 0.4) is 0 Å². The molecule has 2 N–H and O–H groups in total. The molecular formula is C15H14N2O2S. The first-order valence-corrected chi connectivity index (χ1v) is 7.29. The van der Waals surface area contributed by atoms with Crippen LogP contribution in [0.25, 0.3) is 10.9 Å². The molecule has 102 valence electrons. The number of amides is 1. The van der Waals surface area contributed by atoms with Crippen LogP contribution >= 0.6 is 11.8 Å². The fourth-order valence-electron chi connectivity index (χ4n) is 1.96. The zero-order valence-electron chi connectivity index (χ0n) is 10.8. The largest absolute Gasteiger partial charge is 0.467 e. The predicted molar refractivity (Wildman–Crippen MR) is 79.6 cm³/mol. The summed E-state index contributed by atoms with van der Waals surface area (Å²) < 4.78 is 5.17. The Hall–Kier alpha value is -2.14. The molecule has 3 rings (SSSR count). The second kappa shape index (κ2) is 5.88. The molecule has 0 bridgehead atoms. The van der Waals surface area contributed by atoms with Gasteiger partial charge in [0.2, 0.25) is 5.91 Å². The van der Waals surface area contributed by atoms with Gasteiger partial charge in [-0.15, -0.1) is 11.8 Å². The Bertz CT molecular complexity index is 704. The van der Waals surface area contributed by atoms with E-state index in [1.54, 1.807) is 6.26 Å². The third-order valence-corrected chi connectivity index (χ3v) is 4.01. The Morgan fingerprint density at radius 1 is 1.25 bits per heavy atom. The molecule has 5 heteroatoms. The van der Waals surface area contributed by atoms with E-state index in [0.29, 0.717) is 12.3 Å². The Morgan fingerprint density at radius 3 is 3.00 bits per heavy atom. The molecule has 0 spiro atoms. The second-order valence-electron chi connectivity index (χ2n) is 4.34. The van der Waals surface area contributed by atoms with Crippen LogP contribution in [0.5, 0.6) is 0 Å². The number of carbonyl (C=O) groups excluding carboxylic acids is 1. The summed E-state index contributed by atoms with van der Waals surface area (Å²) in [6, 6.07) is 11.7. The molecule has 0 atom stereocenters. The minimum atomic E-state index is -0.00307. The number of hydrogen-bond donors (Lipinski definition) is 2. The summed E-state index contributed by atoms with van der Waals surface area (Å²) in [5.74, 6) is 1.15. The van der Waals surface area contributed by atoms with E-state index in [1.165, 1.54) is 11.8 Å². The Morgan fingerprint density at radius 2 is 2.15 bits per heavy atom. The van der Waals surface area contributed by atoms with E-state index in [4.69, 9.17) is 4.42 Å². The number of para-hydroxylation sites is 1. The van der Waals surface area contributed by atoms with Gasteiger partial charge in [0, 0.05) is 22.0 Å². The van der Waals surface area contributed by atoms with Crippen LogP contribution < -0.4 is 5.32 Å². The second-order valence-corrected chi connectivity index (χ2v) is 5.36. The van der Waals surface area contributed by atoms with Crippen molar-refractivity contribution >= 4 is 28.6 Å². The number of fused-ring (bicyclic) bond motifs is 1. The van der Waals surface area contributed by atoms with Crippen LogP contribution in [0.1, 0.15) is 5.76 Å². The van der Waals surface area contributed by atoms with Gasteiger partial charge in [-0.05, 0) is 18.2 Å². The molecule has 20 heavy (non-hydrogen) atoms. The van der Waals surface area contributed by atoms with Crippen LogP contribution in [0, 0.1) is 0 Å². The minimum absolute atomic E-state index is 0.00307. The molecule has 2 heterocycles. The standard InChI is InChI=1S/C15H14N2O2S/c18-15(17-8-11-4-3-7-19-11)10-20-14-9-16-13-6-2-1-5-12(13)14/h1-7,9,16H,8,10H2,(H,17,18). The van der Waals surface area contributed by atoms with E-state index in [2.05, 4.69) is 16.4 Å². The molecule has 4 nitrogen and oxygen atoms in total. The van der Waals surface area contributed by atoms with Gasteiger partial charge in [-0.2, -0.15) is 0 Å². The highest BCUT2D eigenvalue weighted by Gasteiger charge is 2.07. The number of hydrogen-bond acceptors (Lipinski definition) is 3. The zero-order valence-corrected chi connectivity index (χ0v) is 11.6. The van der Waals surface area contributed by atoms with Crippen LogP contribution in [-0.4, -0.2) is 16.6 Å². The summed E-state index contributed by atoms with van der Waals surface area (Å²) in [7, 11) is 0. The van der Waals surface area contributed by atoms with E-state index in [0.717, 1.165) is 21.6 Å². The summed E-state index contributed by atoms with van der Waals surface area (Å²) in [4.78, 5) is 16.1. The maximum Gasteiger partial charge on any atom is 0.230 e. The van der Waals surface area contributed by atoms with Crippen molar-refractivity contribution in [1.29, 1.82) is 0 Å². The molecule has 0 aliphatic carbocycles. The molecular weight excluding hydrogens is 272 g/mol. The number of aromatic amines is 1. The molecule has 0 fully saturated rings. The molecule has 0 saturated carbocycles. The minimum Gasteiger partial charge on any atom is -0.467 e. The first kappa shape index (κ1) is 12.9. The number of H-pyrrole nitrogens is 1. The SMILES string of the molecule is O=C(CSc1c[nH]c2ccccc12)NCc1ccco1. The van der Waals surface area contributed by atoms with Crippen molar-refractivity contribution < 1.29 is 9.21 Å². The van der Waals surface area contributed by atoms with Gasteiger partial charge in [0.1, 0.15) is 5.76 Å². The summed E-state index contributed by atoms with van der Waals surface area (Å²) in [5, 5.41) is 3.98. The number of aromatic nitrogens is 1. The Balaban J connectivity index is 1.55. The maximum absolute atomic E-state index is 11.8. The first-order valence-electron chi connectivity index (χ1n) is 6.31. The van der Waals surface area contributed by atoms with Crippen molar-refractivity contribution in [2.24, 2.45) is 0 Å². The van der Waals surface area contributed by atoms with Crippen LogP contribution in [0.4, 0.5) is 0 Å². The topological polar surface area (TPSA) is 58.0 Å². The van der Waals surface area contributed by atoms with Gasteiger partial charge in [0.25, 0.3) is 0 Å². The Kier molecular flexibility index (Phi) is 3.78. The van der Waals surface area contributed by atoms with Crippen molar-refractivity contribution in [1.82, 2.24) is 10.3 Å². The molecule has 3 aromatic rings. The van der Waals surface area contributed by atoms with Gasteiger partial charge in [0.15, 0.2) is 0 Å². The van der Waals surface area contributed by atoms with Crippen molar-refractivity contribution in [3.05, 3.63) is 54.6 Å². The lowest BCUT2D eigenvalue weighted by atomic mass is 10.2. The highest BCUT2D eigenvalue weighted by atomic mass is 32.2. The van der Waals surface area contributed by atoms with Crippen LogP contribution in [0.2, 0.25) is 0 Å². The third kappa shape index (κ3) is 2.88. The summed E-state index contributed by atoms with van der Waals surface area (Å²) in [5.41, 5.74) is 1.09. The van der Waals surface area contributed by atoms with Gasteiger partial charge in [-0.1, -0.05) is 18.2 Å². The molecule has 0 aliphatic heterocycles. The monoisotopic (exact) mass is 286 g/mol. The number of furan rings is 1. The van der Waals surface area contributed by atoms with Gasteiger partial charge < -0.3 is 14.7 Å². The molecule has 1 amide bonds. The van der Waals surface area contributed by atoms with Gasteiger partial charge >= 0.3 is 0 Å². The van der Waals surface area contributed by atoms with Gasteiger partial charge in [0.05, 0.1) is 18.6 Å². The normalized spacial score (nSPS) is 10.8. The molecule has 0 radical (unpaired) electrons. The number of carbonyl (C=O) groups is 1. The van der Waals surface area contributed by atoms with Crippen LogP contribution in [0.15, 0.2) is 58.2 Å². The van der Waals surface area contributed by atoms with Crippen molar-refractivity contribution in [3.63, 3.8) is 0 Å². The quantitative estimate of drug-likeness (QED) is 0.708. The van der Waals surface area contributed by atoms with Crippen molar-refractivity contribution in [2.45, 2.75) is 11.4 Å². The lowest BCUT2D eigenvalue weighted by Gasteiger charge is -2.02. The highest BCUT2D eigenvalue weighted by Crippen LogP contribution is 2.27.